The van der Waals surface area contributed by atoms with Crippen LogP contribution in [0.2, 0.25) is 0 Å². The van der Waals surface area contributed by atoms with Crippen molar-refractivity contribution in [3.63, 3.8) is 0 Å². The first-order valence-electron chi connectivity index (χ1n) is 5.86. The molecule has 2 N–H and O–H groups in total. The molecule has 0 aromatic heterocycles. The molecule has 0 aromatic rings. The van der Waals surface area contributed by atoms with Gasteiger partial charge in [-0.1, -0.05) is 6.92 Å². The highest BCUT2D eigenvalue weighted by molar-refractivity contribution is 4.91. The van der Waals surface area contributed by atoms with E-state index < -0.39 is 0 Å². The fourth-order valence-electron chi connectivity index (χ4n) is 2.78. The van der Waals surface area contributed by atoms with Crippen LogP contribution >= 0.6 is 0 Å². The highest BCUT2D eigenvalue weighted by Crippen LogP contribution is 2.25. The summed E-state index contributed by atoms with van der Waals surface area (Å²) in [5, 5.41) is 12.6. The van der Waals surface area contributed by atoms with Crippen molar-refractivity contribution in [3.05, 3.63) is 0 Å². The van der Waals surface area contributed by atoms with Crippen molar-refractivity contribution < 1.29 is 5.11 Å². The number of nitrogens with one attached hydrogen (secondary N) is 1. The third kappa shape index (κ3) is 2.27. The first kappa shape index (κ1) is 10.4. The lowest BCUT2D eigenvalue weighted by atomic mass is 9.94. The van der Waals surface area contributed by atoms with Crippen molar-refractivity contribution in [3.8, 4) is 0 Å². The maximum atomic E-state index is 9.01. The summed E-state index contributed by atoms with van der Waals surface area (Å²) in [6.45, 7) is 7.13. The Hall–Kier alpha value is -0.120. The van der Waals surface area contributed by atoms with Crippen LogP contribution in [0.15, 0.2) is 0 Å². The summed E-state index contributed by atoms with van der Waals surface area (Å²) in [6, 6.07) is 0.731. The minimum absolute atomic E-state index is 0.319. The predicted molar refractivity (Wildman–Crippen MR) is 57.2 cm³/mol. The van der Waals surface area contributed by atoms with Gasteiger partial charge in [-0.2, -0.15) is 0 Å². The monoisotopic (exact) mass is 198 g/mol. The Bertz CT molecular complexity index is 172. The fourth-order valence-corrected chi connectivity index (χ4v) is 2.78. The van der Waals surface area contributed by atoms with Crippen LogP contribution in [-0.2, 0) is 0 Å². The Morgan fingerprint density at radius 2 is 2.36 bits per heavy atom. The molecule has 1 unspecified atom stereocenters. The molecule has 0 spiro atoms. The first-order chi connectivity index (χ1) is 6.79. The number of likely N-dealkylation sites (tertiary alicyclic amines) is 1. The van der Waals surface area contributed by atoms with Gasteiger partial charge in [0.05, 0.1) is 0 Å². The molecule has 82 valence electrons. The zero-order valence-corrected chi connectivity index (χ0v) is 9.08. The van der Waals surface area contributed by atoms with E-state index >= 15 is 0 Å². The Labute approximate surface area is 86.5 Å². The minimum Gasteiger partial charge on any atom is -0.396 e. The van der Waals surface area contributed by atoms with E-state index in [-0.39, 0.29) is 0 Å². The van der Waals surface area contributed by atoms with Crippen molar-refractivity contribution in [1.29, 1.82) is 0 Å². The van der Waals surface area contributed by atoms with Crippen molar-refractivity contribution in [2.75, 3.05) is 32.8 Å². The topological polar surface area (TPSA) is 35.5 Å². The first-order valence-corrected chi connectivity index (χ1v) is 5.86. The van der Waals surface area contributed by atoms with Crippen LogP contribution in [0, 0.1) is 11.8 Å². The van der Waals surface area contributed by atoms with Gasteiger partial charge < -0.3 is 15.3 Å². The van der Waals surface area contributed by atoms with E-state index in [4.69, 9.17) is 5.11 Å². The molecule has 0 aromatic carbocycles. The zero-order chi connectivity index (χ0) is 9.97. The van der Waals surface area contributed by atoms with Gasteiger partial charge in [0, 0.05) is 32.3 Å². The van der Waals surface area contributed by atoms with Gasteiger partial charge >= 0.3 is 0 Å². The predicted octanol–water partition coefficient (Wildman–Crippen LogP) is 0.299. The Kier molecular flexibility index (Phi) is 3.42. The molecule has 0 saturated carbocycles. The number of aliphatic hydroxyl groups is 1. The van der Waals surface area contributed by atoms with Crippen LogP contribution in [0.25, 0.3) is 0 Å². The maximum absolute atomic E-state index is 9.01. The van der Waals surface area contributed by atoms with Gasteiger partial charge in [-0.3, -0.25) is 0 Å². The smallest absolute Gasteiger partial charge is 0.0468 e. The summed E-state index contributed by atoms with van der Waals surface area (Å²) in [6.07, 6.45) is 2.73. The van der Waals surface area contributed by atoms with Gasteiger partial charge in [-0.05, 0) is 31.2 Å². The highest BCUT2D eigenvalue weighted by atomic mass is 16.3. The molecule has 3 nitrogen and oxygen atoms in total. The summed E-state index contributed by atoms with van der Waals surface area (Å²) in [5.74, 6) is 1.30. The van der Waals surface area contributed by atoms with Crippen LogP contribution in [0.3, 0.4) is 0 Å². The third-order valence-corrected chi connectivity index (χ3v) is 3.56. The second-order valence-corrected chi connectivity index (χ2v) is 4.97. The number of aliphatic hydroxyl groups excluding tert-OH is 1. The molecule has 2 fully saturated rings. The van der Waals surface area contributed by atoms with E-state index in [1.54, 1.807) is 0 Å². The lowest BCUT2D eigenvalue weighted by molar-refractivity contribution is 0.187. The summed E-state index contributed by atoms with van der Waals surface area (Å²) in [4.78, 5) is 2.51. The van der Waals surface area contributed by atoms with Crippen LogP contribution < -0.4 is 5.32 Å². The second kappa shape index (κ2) is 4.60. The maximum Gasteiger partial charge on any atom is 0.0468 e. The second-order valence-electron chi connectivity index (χ2n) is 4.97. The molecule has 0 amide bonds. The summed E-state index contributed by atoms with van der Waals surface area (Å²) >= 11 is 0. The van der Waals surface area contributed by atoms with E-state index in [0.29, 0.717) is 12.5 Å². The highest BCUT2D eigenvalue weighted by Gasteiger charge is 2.34. The number of piperidine rings is 1. The molecule has 0 aliphatic carbocycles. The number of rotatable bonds is 3. The minimum atomic E-state index is 0.319. The van der Waals surface area contributed by atoms with E-state index in [1.165, 1.54) is 32.5 Å². The van der Waals surface area contributed by atoms with E-state index in [2.05, 4.69) is 17.1 Å². The molecule has 2 aliphatic heterocycles. The third-order valence-electron chi connectivity index (χ3n) is 3.56. The molecule has 2 rings (SSSR count). The molecule has 0 bridgehead atoms. The van der Waals surface area contributed by atoms with E-state index in [1.807, 2.05) is 0 Å². The summed E-state index contributed by atoms with van der Waals surface area (Å²) in [5.41, 5.74) is 0. The van der Waals surface area contributed by atoms with Gasteiger partial charge in [0.2, 0.25) is 0 Å². The van der Waals surface area contributed by atoms with Gasteiger partial charge in [0.1, 0.15) is 0 Å². The molecule has 2 aliphatic rings. The molecular formula is C11H22N2O. The lowest BCUT2D eigenvalue weighted by Crippen LogP contribution is -2.40. The summed E-state index contributed by atoms with van der Waals surface area (Å²) in [7, 11) is 0. The van der Waals surface area contributed by atoms with Gasteiger partial charge in [-0.25, -0.2) is 0 Å². The van der Waals surface area contributed by atoms with Gasteiger partial charge in [0.15, 0.2) is 0 Å². The van der Waals surface area contributed by atoms with Crippen molar-refractivity contribution >= 4 is 0 Å². The molecule has 2 heterocycles. The normalized spacial score (nSPS) is 35.6. The van der Waals surface area contributed by atoms with Crippen LogP contribution in [0.1, 0.15) is 19.8 Å². The average Bonchev–Trinajstić information content (AvgIpc) is 2.59. The standard InChI is InChI=1S/C11H22N2O/c1-9(8-14)5-13-6-10-3-2-4-12-11(10)7-13/h9-12,14H,2-8H2,1H3/t9?,10-,11+/m0/s1. The van der Waals surface area contributed by atoms with Crippen LogP contribution in [0.5, 0.6) is 0 Å². The quantitative estimate of drug-likeness (QED) is 0.684. The lowest BCUT2D eigenvalue weighted by Gasteiger charge is -2.24. The van der Waals surface area contributed by atoms with Crippen molar-refractivity contribution in [2.45, 2.75) is 25.8 Å². The molecular weight excluding hydrogens is 176 g/mol. The van der Waals surface area contributed by atoms with Gasteiger partial charge in [-0.15, -0.1) is 0 Å². The zero-order valence-electron chi connectivity index (χ0n) is 9.08. The fraction of sp³-hybridized carbons (Fsp3) is 1.00. The van der Waals surface area contributed by atoms with Crippen LogP contribution in [-0.4, -0.2) is 48.8 Å². The number of fused-ring (bicyclic) bond motifs is 1. The number of hydrogen-bond donors (Lipinski definition) is 2. The van der Waals surface area contributed by atoms with E-state index in [0.717, 1.165) is 18.5 Å². The Morgan fingerprint density at radius 3 is 3.07 bits per heavy atom. The molecule has 3 heteroatoms. The SMILES string of the molecule is CC(CO)CN1C[C@@H]2CCCN[C@@H]2C1. The largest absolute Gasteiger partial charge is 0.396 e. The number of nitrogens with zero attached hydrogens (tertiary/aromatic N) is 1. The van der Waals surface area contributed by atoms with Gasteiger partial charge in [0.25, 0.3) is 0 Å². The molecule has 3 atom stereocenters. The Balaban J connectivity index is 1.80. The summed E-state index contributed by atoms with van der Waals surface area (Å²) < 4.78 is 0. The average molecular weight is 198 g/mol. The molecule has 0 radical (unpaired) electrons. The Morgan fingerprint density at radius 1 is 1.50 bits per heavy atom. The van der Waals surface area contributed by atoms with Crippen molar-refractivity contribution in [2.24, 2.45) is 11.8 Å². The van der Waals surface area contributed by atoms with E-state index in [9.17, 15) is 0 Å². The molecule has 14 heavy (non-hydrogen) atoms. The number of hydrogen-bond acceptors (Lipinski definition) is 3. The van der Waals surface area contributed by atoms with Crippen molar-refractivity contribution in [1.82, 2.24) is 10.2 Å². The molecule has 2 saturated heterocycles. The van der Waals surface area contributed by atoms with Crippen LogP contribution in [0.4, 0.5) is 0 Å².